The van der Waals surface area contributed by atoms with E-state index in [0.29, 0.717) is 27.4 Å². The average molecular weight is 483 g/mol. The van der Waals surface area contributed by atoms with E-state index in [2.05, 4.69) is 20.7 Å². The molecule has 0 saturated carbocycles. The summed E-state index contributed by atoms with van der Waals surface area (Å²) in [5, 5.41) is 2.22. The second-order valence-electron chi connectivity index (χ2n) is 6.02. The number of hydrogen-bond donors (Lipinski definition) is 1. The van der Waals surface area contributed by atoms with Crippen LogP contribution in [-0.2, 0) is 21.2 Å². The summed E-state index contributed by atoms with van der Waals surface area (Å²) in [5.41, 5.74) is 0.656. The third-order valence-electron chi connectivity index (χ3n) is 4.02. The second kappa shape index (κ2) is 8.51. The second-order valence-corrected chi connectivity index (χ2v) is 8.99. The average Bonchev–Trinajstić information content (AvgIpc) is 2.62. The van der Waals surface area contributed by atoms with Gasteiger partial charge in [-0.1, -0.05) is 35.9 Å². The van der Waals surface area contributed by atoms with E-state index < -0.39 is 15.9 Å². The number of hydrogen-bond acceptors (Lipinski definition) is 4. The Morgan fingerprint density at radius 2 is 1.89 bits per heavy atom. The Labute approximate surface area is 176 Å². The maximum absolute atomic E-state index is 12.6. The lowest BCUT2D eigenvalue weighted by molar-refractivity contribution is -0.118. The van der Waals surface area contributed by atoms with Crippen molar-refractivity contribution < 1.29 is 17.9 Å². The number of rotatable bonds is 6. The van der Waals surface area contributed by atoms with Crippen LogP contribution in [0, 0.1) is 0 Å². The first-order valence-corrected chi connectivity index (χ1v) is 11.1. The molecular weight excluding hydrogens is 466 g/mol. The van der Waals surface area contributed by atoms with Crippen LogP contribution in [0.5, 0.6) is 5.75 Å². The minimum atomic E-state index is -4.02. The number of carbonyl (C=O) groups is 1. The number of carbonyl (C=O) groups excluding carboxylic acids is 1. The quantitative estimate of drug-likeness (QED) is 0.553. The van der Waals surface area contributed by atoms with Crippen LogP contribution in [0.4, 0.5) is 0 Å². The maximum Gasteiger partial charge on any atom is 0.264 e. The van der Waals surface area contributed by atoms with Gasteiger partial charge in [-0.3, -0.25) is 4.79 Å². The van der Waals surface area contributed by atoms with Crippen molar-refractivity contribution in [1.29, 1.82) is 0 Å². The van der Waals surface area contributed by atoms with Gasteiger partial charge in [-0.25, -0.2) is 13.1 Å². The first kappa shape index (κ1) is 20.6. The molecule has 1 amide bonds. The zero-order chi connectivity index (χ0) is 20.3. The standard InChI is InChI=1S/C20H17BrClNO4S/c1-2-27-19-8-7-16(12-18(19)21)28(25,26)23-20(24)11-14-10-15(22)9-13-5-3-4-6-17(13)14/h3-10,12H,2,11H2,1H3,(H,23,24). The molecule has 0 heterocycles. The minimum Gasteiger partial charge on any atom is -0.493 e. The Kier molecular flexibility index (Phi) is 6.27. The topological polar surface area (TPSA) is 72.5 Å². The van der Waals surface area contributed by atoms with Gasteiger partial charge in [0.1, 0.15) is 5.75 Å². The van der Waals surface area contributed by atoms with Crippen molar-refractivity contribution in [2.45, 2.75) is 18.2 Å². The summed E-state index contributed by atoms with van der Waals surface area (Å²) >= 11 is 9.41. The Morgan fingerprint density at radius 3 is 2.61 bits per heavy atom. The van der Waals surface area contributed by atoms with E-state index in [1.807, 2.05) is 31.2 Å². The molecule has 3 aromatic rings. The van der Waals surface area contributed by atoms with Crippen LogP contribution in [0.2, 0.25) is 5.02 Å². The minimum absolute atomic E-state index is 0.0351. The molecule has 0 fully saturated rings. The summed E-state index contributed by atoms with van der Waals surface area (Å²) in [7, 11) is -4.02. The van der Waals surface area contributed by atoms with Gasteiger partial charge in [0.25, 0.3) is 10.0 Å². The van der Waals surface area contributed by atoms with Crippen LogP contribution in [-0.4, -0.2) is 20.9 Å². The fraction of sp³-hybridized carbons (Fsp3) is 0.150. The van der Waals surface area contributed by atoms with Crippen molar-refractivity contribution in [2.24, 2.45) is 0 Å². The molecule has 0 radical (unpaired) electrons. The Bertz CT molecular complexity index is 1150. The first-order valence-electron chi connectivity index (χ1n) is 8.45. The van der Waals surface area contributed by atoms with E-state index in [0.717, 1.165) is 10.8 Å². The molecule has 3 aromatic carbocycles. The molecule has 0 bridgehead atoms. The molecule has 0 unspecified atom stereocenters. The molecule has 0 aliphatic rings. The lowest BCUT2D eigenvalue weighted by atomic mass is 10.0. The van der Waals surface area contributed by atoms with E-state index in [4.69, 9.17) is 16.3 Å². The van der Waals surface area contributed by atoms with Gasteiger partial charge in [0, 0.05) is 5.02 Å². The van der Waals surface area contributed by atoms with Gasteiger partial charge in [0.2, 0.25) is 5.91 Å². The van der Waals surface area contributed by atoms with Gasteiger partial charge < -0.3 is 4.74 Å². The number of amides is 1. The molecule has 0 aliphatic carbocycles. The number of sulfonamides is 1. The first-order chi connectivity index (χ1) is 13.3. The van der Waals surface area contributed by atoms with E-state index in [1.165, 1.54) is 18.2 Å². The van der Waals surface area contributed by atoms with Crippen LogP contribution in [0.15, 0.2) is 64.0 Å². The van der Waals surface area contributed by atoms with Gasteiger partial charge in [0.05, 0.1) is 22.4 Å². The van der Waals surface area contributed by atoms with E-state index >= 15 is 0 Å². The van der Waals surface area contributed by atoms with Crippen LogP contribution < -0.4 is 9.46 Å². The predicted octanol–water partition coefficient (Wildman–Crippen LogP) is 4.70. The summed E-state index contributed by atoms with van der Waals surface area (Å²) in [6.07, 6.45) is -0.113. The molecule has 1 N–H and O–H groups in total. The van der Waals surface area contributed by atoms with Crippen molar-refractivity contribution in [3.05, 3.63) is 69.7 Å². The number of nitrogens with one attached hydrogen (secondary N) is 1. The highest BCUT2D eigenvalue weighted by molar-refractivity contribution is 9.10. The molecule has 3 rings (SSSR count). The normalized spacial score (nSPS) is 11.4. The lowest BCUT2D eigenvalue weighted by Gasteiger charge is -2.11. The number of benzene rings is 3. The van der Waals surface area contributed by atoms with E-state index in [9.17, 15) is 13.2 Å². The molecule has 0 spiro atoms. The molecular formula is C20H17BrClNO4S. The maximum atomic E-state index is 12.6. The Balaban J connectivity index is 1.82. The van der Waals surface area contributed by atoms with Gasteiger partial charge in [-0.2, -0.15) is 0 Å². The molecule has 8 heteroatoms. The summed E-state index contributed by atoms with van der Waals surface area (Å²) in [6, 6.07) is 15.3. The summed E-state index contributed by atoms with van der Waals surface area (Å²) < 4.78 is 33.1. The SMILES string of the molecule is CCOc1ccc(S(=O)(=O)NC(=O)Cc2cc(Cl)cc3ccccc23)cc1Br. The van der Waals surface area contributed by atoms with Crippen molar-refractivity contribution in [2.75, 3.05) is 6.61 Å². The highest BCUT2D eigenvalue weighted by atomic mass is 79.9. The molecule has 5 nitrogen and oxygen atoms in total. The summed E-state index contributed by atoms with van der Waals surface area (Å²) in [5.74, 6) is -0.115. The molecule has 0 aromatic heterocycles. The molecule has 28 heavy (non-hydrogen) atoms. The number of halogens is 2. The largest absolute Gasteiger partial charge is 0.493 e. The number of ether oxygens (including phenoxy) is 1. The monoisotopic (exact) mass is 481 g/mol. The fourth-order valence-electron chi connectivity index (χ4n) is 2.84. The van der Waals surface area contributed by atoms with Crippen molar-refractivity contribution >= 4 is 54.2 Å². The Morgan fingerprint density at radius 1 is 1.14 bits per heavy atom. The fourth-order valence-corrected chi connectivity index (χ4v) is 4.74. The van der Waals surface area contributed by atoms with Gasteiger partial charge in [-0.15, -0.1) is 0 Å². The predicted molar refractivity (Wildman–Crippen MR) is 113 cm³/mol. The summed E-state index contributed by atoms with van der Waals surface area (Å²) in [6.45, 7) is 2.28. The summed E-state index contributed by atoms with van der Waals surface area (Å²) in [4.78, 5) is 12.4. The molecule has 0 saturated heterocycles. The van der Waals surface area contributed by atoms with Crippen LogP contribution in [0.25, 0.3) is 10.8 Å². The van der Waals surface area contributed by atoms with Crippen molar-refractivity contribution in [1.82, 2.24) is 4.72 Å². The molecule has 0 aliphatic heterocycles. The Hall–Kier alpha value is -2.09. The van der Waals surface area contributed by atoms with Crippen molar-refractivity contribution in [3.63, 3.8) is 0 Å². The third-order valence-corrected chi connectivity index (χ3v) is 6.23. The lowest BCUT2D eigenvalue weighted by Crippen LogP contribution is -2.31. The van der Waals surface area contributed by atoms with Gasteiger partial charge in [0.15, 0.2) is 0 Å². The van der Waals surface area contributed by atoms with Crippen LogP contribution in [0.3, 0.4) is 0 Å². The highest BCUT2D eigenvalue weighted by Gasteiger charge is 2.20. The molecule has 146 valence electrons. The molecule has 0 atom stereocenters. The van der Waals surface area contributed by atoms with Gasteiger partial charge >= 0.3 is 0 Å². The smallest absolute Gasteiger partial charge is 0.264 e. The van der Waals surface area contributed by atoms with Crippen molar-refractivity contribution in [3.8, 4) is 5.75 Å². The van der Waals surface area contributed by atoms with E-state index in [-0.39, 0.29) is 11.3 Å². The van der Waals surface area contributed by atoms with E-state index in [1.54, 1.807) is 12.1 Å². The third kappa shape index (κ3) is 4.66. The zero-order valence-corrected chi connectivity index (χ0v) is 18.1. The highest BCUT2D eigenvalue weighted by Crippen LogP contribution is 2.28. The number of fused-ring (bicyclic) bond motifs is 1. The van der Waals surface area contributed by atoms with Crippen LogP contribution in [0.1, 0.15) is 12.5 Å². The van der Waals surface area contributed by atoms with Gasteiger partial charge in [-0.05, 0) is 69.5 Å². The zero-order valence-electron chi connectivity index (χ0n) is 14.9. The van der Waals surface area contributed by atoms with Crippen LogP contribution >= 0.6 is 27.5 Å².